The summed E-state index contributed by atoms with van der Waals surface area (Å²) in [5.74, 6) is -0.186. The molecule has 2 aliphatic rings. The first-order valence-corrected chi connectivity index (χ1v) is 12.2. The number of fused-ring (bicyclic) bond motifs is 2. The molecule has 6 heteroatoms. The van der Waals surface area contributed by atoms with Crippen molar-refractivity contribution in [2.45, 2.75) is 75.6 Å². The Balaban J connectivity index is 1.69. The number of benzene rings is 2. The molecule has 0 radical (unpaired) electrons. The van der Waals surface area contributed by atoms with Crippen LogP contribution in [0.2, 0.25) is 0 Å². The van der Waals surface area contributed by atoms with Crippen molar-refractivity contribution < 1.29 is 14.1 Å². The normalized spacial score (nSPS) is 18.8. The van der Waals surface area contributed by atoms with Crippen LogP contribution in [0.5, 0.6) is 5.75 Å². The van der Waals surface area contributed by atoms with Crippen molar-refractivity contribution in [3.63, 3.8) is 0 Å². The molecule has 1 unspecified atom stereocenters. The smallest absolute Gasteiger partial charge is 0.258 e. The van der Waals surface area contributed by atoms with Gasteiger partial charge in [0.2, 0.25) is 0 Å². The van der Waals surface area contributed by atoms with Crippen LogP contribution in [0.25, 0.3) is 0 Å². The lowest BCUT2D eigenvalue weighted by atomic mass is 9.70. The van der Waals surface area contributed by atoms with E-state index in [0.717, 1.165) is 18.5 Å². The van der Waals surface area contributed by atoms with E-state index in [4.69, 9.17) is 0 Å². The minimum atomic E-state index is -1.62. The van der Waals surface area contributed by atoms with Gasteiger partial charge in [-0.3, -0.25) is 4.79 Å². The number of carbonyl (C=O) groups is 1. The summed E-state index contributed by atoms with van der Waals surface area (Å²) in [5.41, 5.74) is 3.57. The van der Waals surface area contributed by atoms with Crippen LogP contribution in [-0.2, 0) is 16.4 Å². The van der Waals surface area contributed by atoms with Crippen molar-refractivity contribution in [1.82, 2.24) is 4.72 Å². The summed E-state index contributed by atoms with van der Waals surface area (Å²) in [6, 6.07) is 11.0. The molecule has 166 valence electrons. The first-order chi connectivity index (χ1) is 14.6. The number of carbonyl (C=O) groups excluding carboxylic acids is 1. The fourth-order valence-electron chi connectivity index (χ4n) is 4.90. The fourth-order valence-corrected chi connectivity index (χ4v) is 6.06. The topological polar surface area (TPSA) is 69.6 Å². The Morgan fingerprint density at radius 1 is 1.10 bits per heavy atom. The molecule has 4 rings (SSSR count). The fraction of sp³-hybridized carbons (Fsp3) is 0.480. The third kappa shape index (κ3) is 4.28. The molecule has 1 aliphatic carbocycles. The molecule has 2 N–H and O–H groups in total. The van der Waals surface area contributed by atoms with E-state index in [1.165, 1.54) is 36.5 Å². The summed E-state index contributed by atoms with van der Waals surface area (Å²) in [6.07, 6.45) is 5.85. The van der Waals surface area contributed by atoms with Gasteiger partial charge in [-0.05, 0) is 70.4 Å². The van der Waals surface area contributed by atoms with Gasteiger partial charge in [-0.1, -0.05) is 37.0 Å². The van der Waals surface area contributed by atoms with Crippen LogP contribution in [0.4, 0.5) is 5.69 Å². The van der Waals surface area contributed by atoms with Crippen LogP contribution in [0.15, 0.2) is 41.3 Å². The number of aromatic hydroxyl groups is 1. The molecule has 1 atom stereocenters. The maximum atomic E-state index is 13.6. The molecule has 1 saturated carbocycles. The summed E-state index contributed by atoms with van der Waals surface area (Å²) in [7, 11) is -1.62. The van der Waals surface area contributed by atoms with E-state index in [9.17, 15) is 14.1 Å². The quantitative estimate of drug-likeness (QED) is 0.708. The van der Waals surface area contributed by atoms with E-state index in [0.29, 0.717) is 12.1 Å². The second kappa shape index (κ2) is 8.06. The number of hydrogen-bond acceptors (Lipinski definition) is 3. The van der Waals surface area contributed by atoms with Crippen molar-refractivity contribution in [3.8, 4) is 5.75 Å². The second-order valence-electron chi connectivity index (χ2n) is 10.1. The van der Waals surface area contributed by atoms with Crippen molar-refractivity contribution in [3.05, 3.63) is 53.1 Å². The number of rotatable bonds is 3. The molecule has 0 bridgehead atoms. The third-order valence-electron chi connectivity index (χ3n) is 6.34. The average Bonchev–Trinajstić information content (AvgIpc) is 3.00. The zero-order valence-corrected chi connectivity index (χ0v) is 19.6. The zero-order chi connectivity index (χ0) is 22.4. The number of phenolic OH excluding ortho intramolecular Hbond substituents is 1. The van der Waals surface area contributed by atoms with Gasteiger partial charge in [0, 0.05) is 28.7 Å². The molecule has 31 heavy (non-hydrogen) atoms. The van der Waals surface area contributed by atoms with Crippen molar-refractivity contribution in [1.29, 1.82) is 0 Å². The predicted molar refractivity (Wildman–Crippen MR) is 125 cm³/mol. The summed E-state index contributed by atoms with van der Waals surface area (Å²) >= 11 is 0. The van der Waals surface area contributed by atoms with Crippen LogP contribution in [-0.4, -0.2) is 27.3 Å². The maximum Gasteiger partial charge on any atom is 0.258 e. The Labute approximate surface area is 187 Å². The van der Waals surface area contributed by atoms with Gasteiger partial charge in [0.25, 0.3) is 5.91 Å². The molecule has 1 aliphatic heterocycles. The van der Waals surface area contributed by atoms with Crippen LogP contribution in [0.3, 0.4) is 0 Å². The molecule has 0 aromatic heterocycles. The highest BCUT2D eigenvalue weighted by atomic mass is 32.2. The SMILES string of the molecule is Cc1ccc2c(c1)C1(CCCCC1)CN2C(=O)c1ccc(O)c(S(=O)NC(C)(C)C)c1. The Morgan fingerprint density at radius 2 is 1.81 bits per heavy atom. The Kier molecular flexibility index (Phi) is 5.73. The highest BCUT2D eigenvalue weighted by Crippen LogP contribution is 2.49. The highest BCUT2D eigenvalue weighted by Gasteiger charge is 2.45. The number of amides is 1. The molecular formula is C25H32N2O3S. The van der Waals surface area contributed by atoms with E-state index in [1.807, 2.05) is 25.7 Å². The average molecular weight is 441 g/mol. The van der Waals surface area contributed by atoms with E-state index in [1.54, 1.807) is 12.1 Å². The van der Waals surface area contributed by atoms with E-state index < -0.39 is 16.5 Å². The van der Waals surface area contributed by atoms with Gasteiger partial charge in [-0.25, -0.2) is 8.93 Å². The standard InChI is InChI=1S/C25H32N2O3S/c1-17-8-10-20-19(14-17)25(12-6-5-7-13-25)16-27(20)23(29)18-9-11-21(28)22(15-18)31(30)26-24(2,3)4/h8-11,14-15,26,28H,5-7,12-13,16H2,1-4H3. The lowest BCUT2D eigenvalue weighted by Gasteiger charge is -2.34. The minimum absolute atomic E-state index is 0.0334. The van der Waals surface area contributed by atoms with Crippen molar-refractivity contribution in [2.24, 2.45) is 0 Å². The van der Waals surface area contributed by atoms with Crippen molar-refractivity contribution in [2.75, 3.05) is 11.4 Å². The molecule has 1 heterocycles. The Bertz CT molecular complexity index is 1040. The number of anilines is 1. The number of nitrogens with one attached hydrogen (secondary N) is 1. The first-order valence-electron chi connectivity index (χ1n) is 11.1. The summed E-state index contributed by atoms with van der Waals surface area (Å²) < 4.78 is 15.7. The second-order valence-corrected chi connectivity index (χ2v) is 11.2. The molecular weight excluding hydrogens is 408 g/mol. The number of aryl methyl sites for hydroxylation is 1. The van der Waals surface area contributed by atoms with Crippen molar-refractivity contribution >= 4 is 22.6 Å². The monoisotopic (exact) mass is 440 g/mol. The zero-order valence-electron chi connectivity index (χ0n) is 18.8. The van der Waals surface area contributed by atoms with Gasteiger partial charge >= 0.3 is 0 Å². The van der Waals surface area contributed by atoms with E-state index in [-0.39, 0.29) is 22.0 Å². The van der Waals surface area contributed by atoms with Gasteiger partial charge in [0.1, 0.15) is 16.7 Å². The molecule has 2 aromatic rings. The number of hydrogen-bond donors (Lipinski definition) is 2. The van der Waals surface area contributed by atoms with Crippen LogP contribution >= 0.6 is 0 Å². The van der Waals surface area contributed by atoms with E-state index in [2.05, 4.69) is 29.8 Å². The van der Waals surface area contributed by atoms with Gasteiger partial charge in [-0.15, -0.1) is 0 Å². The van der Waals surface area contributed by atoms with Gasteiger partial charge in [0.15, 0.2) is 0 Å². The number of phenols is 1. The largest absolute Gasteiger partial charge is 0.507 e. The molecule has 1 amide bonds. The lowest BCUT2D eigenvalue weighted by molar-refractivity contribution is 0.0982. The third-order valence-corrected chi connectivity index (χ3v) is 7.86. The molecule has 1 spiro atoms. The summed E-state index contributed by atoms with van der Waals surface area (Å²) in [5, 5.41) is 10.3. The minimum Gasteiger partial charge on any atom is -0.507 e. The van der Waals surface area contributed by atoms with Crippen LogP contribution in [0.1, 0.15) is 74.4 Å². The van der Waals surface area contributed by atoms with Gasteiger partial charge < -0.3 is 10.0 Å². The molecule has 1 fully saturated rings. The van der Waals surface area contributed by atoms with E-state index >= 15 is 0 Å². The molecule has 2 aromatic carbocycles. The summed E-state index contributed by atoms with van der Waals surface area (Å²) in [6.45, 7) is 8.51. The van der Waals surface area contributed by atoms with Gasteiger partial charge in [0.05, 0.1) is 4.90 Å². The lowest BCUT2D eigenvalue weighted by Crippen LogP contribution is -2.38. The maximum absolute atomic E-state index is 13.6. The first kappa shape index (κ1) is 22.0. The van der Waals surface area contributed by atoms with Crippen LogP contribution in [0, 0.1) is 6.92 Å². The van der Waals surface area contributed by atoms with Gasteiger partial charge in [-0.2, -0.15) is 0 Å². The number of nitrogens with zero attached hydrogens (tertiary/aromatic N) is 1. The highest BCUT2D eigenvalue weighted by molar-refractivity contribution is 7.83. The molecule has 5 nitrogen and oxygen atoms in total. The Hall–Kier alpha value is -2.18. The molecule has 0 saturated heterocycles. The van der Waals surface area contributed by atoms with Crippen LogP contribution < -0.4 is 9.62 Å². The summed E-state index contributed by atoms with van der Waals surface area (Å²) in [4.78, 5) is 15.7. The Morgan fingerprint density at radius 3 is 2.48 bits per heavy atom. The predicted octanol–water partition coefficient (Wildman–Crippen LogP) is 4.97.